The monoisotopic (exact) mass is 190 g/mol. The van der Waals surface area contributed by atoms with Crippen LogP contribution in [-0.2, 0) is 0 Å². The fourth-order valence-electron chi connectivity index (χ4n) is 1.55. The summed E-state index contributed by atoms with van der Waals surface area (Å²) in [5, 5.41) is 9.14. The van der Waals surface area contributed by atoms with E-state index in [1.807, 2.05) is 6.08 Å². The summed E-state index contributed by atoms with van der Waals surface area (Å²) in [6, 6.07) is 8.44. The zero-order chi connectivity index (χ0) is 10.6. The van der Waals surface area contributed by atoms with Gasteiger partial charge < -0.3 is 5.11 Å². The van der Waals surface area contributed by atoms with Gasteiger partial charge in [0.1, 0.15) is 0 Å². The van der Waals surface area contributed by atoms with Crippen LogP contribution in [0.1, 0.15) is 24.0 Å². The van der Waals surface area contributed by atoms with Crippen LogP contribution >= 0.6 is 0 Å². The maximum Gasteiger partial charge on any atom is 0.0499 e. The van der Waals surface area contributed by atoms with E-state index in [2.05, 4.69) is 44.7 Å². The number of aliphatic hydroxyl groups excluding tert-OH is 1. The van der Waals surface area contributed by atoms with Gasteiger partial charge in [0.05, 0.1) is 0 Å². The predicted molar refractivity (Wildman–Crippen MR) is 60.4 cm³/mol. The van der Waals surface area contributed by atoms with Crippen molar-refractivity contribution in [3.8, 4) is 0 Å². The Bertz CT molecular complexity index is 287. The van der Waals surface area contributed by atoms with Gasteiger partial charge in [-0.3, -0.25) is 0 Å². The molecule has 0 spiro atoms. The molecule has 76 valence electrons. The summed E-state index contributed by atoms with van der Waals surface area (Å²) in [6.45, 7) is 8.09. The van der Waals surface area contributed by atoms with Crippen molar-refractivity contribution in [2.24, 2.45) is 5.92 Å². The van der Waals surface area contributed by atoms with Gasteiger partial charge in [-0.2, -0.15) is 0 Å². The smallest absolute Gasteiger partial charge is 0.0499 e. The van der Waals surface area contributed by atoms with Crippen molar-refractivity contribution >= 4 is 0 Å². The van der Waals surface area contributed by atoms with Crippen molar-refractivity contribution in [2.45, 2.75) is 19.8 Å². The third-order valence-corrected chi connectivity index (χ3v) is 2.76. The molecule has 0 aromatic heterocycles. The normalized spacial score (nSPS) is 14.8. The second kappa shape index (κ2) is 4.97. The number of rotatable bonds is 4. The Morgan fingerprint density at radius 2 is 1.93 bits per heavy atom. The topological polar surface area (TPSA) is 20.2 Å². The summed E-state index contributed by atoms with van der Waals surface area (Å²) in [5.41, 5.74) is 2.52. The molecular formula is C13H18O. The minimum atomic E-state index is 0.151. The molecule has 14 heavy (non-hydrogen) atoms. The highest BCUT2D eigenvalue weighted by molar-refractivity contribution is 5.25. The molecule has 1 aromatic carbocycles. The Kier molecular flexibility index (Phi) is 3.90. The molecule has 0 radical (unpaired) electrons. The van der Waals surface area contributed by atoms with Crippen LogP contribution in [0.5, 0.6) is 0 Å². The van der Waals surface area contributed by atoms with E-state index in [1.165, 1.54) is 11.1 Å². The number of aliphatic hydroxyl groups is 1. The summed E-state index contributed by atoms with van der Waals surface area (Å²) >= 11 is 0. The minimum Gasteiger partial charge on any atom is -0.396 e. The highest BCUT2D eigenvalue weighted by Crippen LogP contribution is 2.24. The fourth-order valence-corrected chi connectivity index (χ4v) is 1.55. The molecule has 0 bridgehead atoms. The van der Waals surface area contributed by atoms with Crippen LogP contribution in [0.2, 0.25) is 0 Å². The van der Waals surface area contributed by atoms with Gasteiger partial charge in [0.25, 0.3) is 0 Å². The van der Waals surface area contributed by atoms with E-state index in [9.17, 15) is 0 Å². The first-order valence-electron chi connectivity index (χ1n) is 4.99. The lowest BCUT2D eigenvalue weighted by atomic mass is 9.88. The Morgan fingerprint density at radius 1 is 1.36 bits per heavy atom. The quantitative estimate of drug-likeness (QED) is 0.724. The number of benzene rings is 1. The van der Waals surface area contributed by atoms with Crippen LogP contribution in [0, 0.1) is 12.8 Å². The molecule has 1 rings (SSSR count). The summed E-state index contributed by atoms with van der Waals surface area (Å²) < 4.78 is 0. The lowest BCUT2D eigenvalue weighted by Gasteiger charge is -2.18. The molecule has 1 aromatic rings. The molecule has 0 aliphatic heterocycles. The summed E-state index contributed by atoms with van der Waals surface area (Å²) in [7, 11) is 0. The Balaban J connectivity index is 2.82. The summed E-state index contributed by atoms with van der Waals surface area (Å²) in [6.07, 6.45) is 1.82. The first kappa shape index (κ1) is 11.0. The van der Waals surface area contributed by atoms with Gasteiger partial charge in [-0.05, 0) is 18.4 Å². The van der Waals surface area contributed by atoms with Crippen molar-refractivity contribution in [1.82, 2.24) is 0 Å². The van der Waals surface area contributed by atoms with Crippen LogP contribution in [0.25, 0.3) is 0 Å². The van der Waals surface area contributed by atoms with E-state index in [0.717, 1.165) is 0 Å². The van der Waals surface area contributed by atoms with Gasteiger partial charge in [0, 0.05) is 12.5 Å². The average Bonchev–Trinajstić information content (AvgIpc) is 2.20. The van der Waals surface area contributed by atoms with E-state index >= 15 is 0 Å². The minimum absolute atomic E-state index is 0.151. The second-order valence-corrected chi connectivity index (χ2v) is 3.78. The third kappa shape index (κ3) is 2.46. The van der Waals surface area contributed by atoms with E-state index in [1.54, 1.807) is 0 Å². The molecular weight excluding hydrogens is 172 g/mol. The Labute approximate surface area is 86.1 Å². The van der Waals surface area contributed by atoms with Gasteiger partial charge in [0.15, 0.2) is 0 Å². The van der Waals surface area contributed by atoms with Crippen molar-refractivity contribution < 1.29 is 5.11 Å². The second-order valence-electron chi connectivity index (χ2n) is 3.78. The van der Waals surface area contributed by atoms with Crippen molar-refractivity contribution in [3.63, 3.8) is 0 Å². The van der Waals surface area contributed by atoms with E-state index in [-0.39, 0.29) is 12.5 Å². The third-order valence-electron chi connectivity index (χ3n) is 2.76. The molecule has 0 aliphatic carbocycles. The van der Waals surface area contributed by atoms with E-state index in [0.29, 0.717) is 5.92 Å². The van der Waals surface area contributed by atoms with Gasteiger partial charge in [-0.1, -0.05) is 42.8 Å². The van der Waals surface area contributed by atoms with Crippen LogP contribution < -0.4 is 0 Å². The fraction of sp³-hybridized carbons (Fsp3) is 0.385. The molecule has 1 nitrogen and oxygen atoms in total. The molecule has 0 unspecified atom stereocenters. The molecule has 0 saturated carbocycles. The molecule has 2 atom stereocenters. The van der Waals surface area contributed by atoms with Crippen molar-refractivity contribution in [3.05, 3.63) is 48.0 Å². The lowest BCUT2D eigenvalue weighted by Crippen LogP contribution is -2.11. The summed E-state index contributed by atoms with van der Waals surface area (Å²) in [5.74, 6) is 0.482. The predicted octanol–water partition coefficient (Wildman–Crippen LogP) is 2.89. The molecule has 0 fully saturated rings. The molecule has 0 saturated heterocycles. The largest absolute Gasteiger partial charge is 0.396 e. The Morgan fingerprint density at radius 3 is 2.36 bits per heavy atom. The van der Waals surface area contributed by atoms with Crippen molar-refractivity contribution in [2.75, 3.05) is 6.61 Å². The maximum atomic E-state index is 9.14. The molecule has 0 amide bonds. The Hall–Kier alpha value is -1.08. The zero-order valence-corrected chi connectivity index (χ0v) is 8.90. The van der Waals surface area contributed by atoms with Gasteiger partial charge >= 0.3 is 0 Å². The number of aryl methyl sites for hydroxylation is 1. The SMILES string of the molecule is C=C[C@@H](CO)[C@H](C)c1ccc(C)cc1. The lowest BCUT2D eigenvalue weighted by molar-refractivity contribution is 0.237. The first-order chi connectivity index (χ1) is 6.69. The van der Waals surface area contributed by atoms with Crippen LogP contribution in [0.3, 0.4) is 0 Å². The van der Waals surface area contributed by atoms with Crippen LogP contribution in [0.15, 0.2) is 36.9 Å². The van der Waals surface area contributed by atoms with Gasteiger partial charge in [-0.15, -0.1) is 6.58 Å². The standard InChI is InChI=1S/C13H18O/c1-4-12(9-14)11(3)13-7-5-10(2)6-8-13/h4-8,11-12,14H,1,9H2,2-3H3/t11-,12-/m0/s1. The number of hydrogen-bond acceptors (Lipinski definition) is 1. The zero-order valence-electron chi connectivity index (χ0n) is 8.90. The van der Waals surface area contributed by atoms with Crippen LogP contribution in [-0.4, -0.2) is 11.7 Å². The van der Waals surface area contributed by atoms with E-state index < -0.39 is 0 Å². The maximum absolute atomic E-state index is 9.14. The van der Waals surface area contributed by atoms with Crippen LogP contribution in [0.4, 0.5) is 0 Å². The number of hydrogen-bond donors (Lipinski definition) is 1. The molecule has 0 aliphatic rings. The molecule has 1 N–H and O–H groups in total. The first-order valence-corrected chi connectivity index (χ1v) is 4.99. The highest BCUT2D eigenvalue weighted by Gasteiger charge is 2.14. The highest BCUT2D eigenvalue weighted by atomic mass is 16.3. The molecule has 0 heterocycles. The van der Waals surface area contributed by atoms with Gasteiger partial charge in [-0.25, -0.2) is 0 Å². The average molecular weight is 190 g/mol. The van der Waals surface area contributed by atoms with Gasteiger partial charge in [0.2, 0.25) is 0 Å². The van der Waals surface area contributed by atoms with E-state index in [4.69, 9.17) is 5.11 Å². The molecule has 1 heteroatoms. The van der Waals surface area contributed by atoms with Crippen molar-refractivity contribution in [1.29, 1.82) is 0 Å². The summed E-state index contributed by atoms with van der Waals surface area (Å²) in [4.78, 5) is 0.